The Balaban J connectivity index is 1.95. The predicted molar refractivity (Wildman–Crippen MR) is 92.0 cm³/mol. The average Bonchev–Trinajstić information content (AvgIpc) is 3.10. The Morgan fingerprint density at radius 1 is 1.04 bits per heavy atom. The first-order valence-corrected chi connectivity index (χ1v) is 9.36. The smallest absolute Gasteiger partial charge is 0.237 e. The number of rotatable bonds is 6. The second-order valence-corrected chi connectivity index (χ2v) is 6.98. The quantitative estimate of drug-likeness (QED) is 0.812. The second kappa shape index (κ2) is 8.67. The van der Waals surface area contributed by atoms with Gasteiger partial charge in [-0.2, -0.15) is 0 Å². The molecule has 5 heteroatoms. The van der Waals surface area contributed by atoms with E-state index < -0.39 is 0 Å². The number of nitrogens with one attached hydrogen (secondary N) is 1. The maximum Gasteiger partial charge on any atom is 0.237 e. The van der Waals surface area contributed by atoms with E-state index in [4.69, 9.17) is 0 Å². The van der Waals surface area contributed by atoms with Gasteiger partial charge in [-0.15, -0.1) is 0 Å². The molecule has 0 aromatic carbocycles. The van der Waals surface area contributed by atoms with Crippen LogP contribution in [0.3, 0.4) is 0 Å². The molecule has 5 nitrogen and oxygen atoms in total. The lowest BCUT2D eigenvalue weighted by Gasteiger charge is -2.41. The van der Waals surface area contributed by atoms with Crippen LogP contribution in [0.25, 0.3) is 0 Å². The minimum Gasteiger partial charge on any atom is -0.358 e. The molecule has 2 rings (SSSR count). The fraction of sp³-hybridized carbons (Fsp3) is 0.889. The summed E-state index contributed by atoms with van der Waals surface area (Å²) in [6.45, 7) is 7.33. The Hall–Kier alpha value is -1.10. The van der Waals surface area contributed by atoms with Crippen molar-refractivity contribution in [3.05, 3.63) is 0 Å². The molecule has 0 aromatic rings. The van der Waals surface area contributed by atoms with Crippen LogP contribution in [-0.4, -0.2) is 60.9 Å². The van der Waals surface area contributed by atoms with E-state index in [2.05, 4.69) is 24.1 Å². The van der Waals surface area contributed by atoms with Gasteiger partial charge in [-0.3, -0.25) is 14.5 Å². The van der Waals surface area contributed by atoms with Crippen molar-refractivity contribution < 1.29 is 9.59 Å². The first-order valence-electron chi connectivity index (χ1n) is 9.36. The molecular weight excluding hydrogens is 290 g/mol. The van der Waals surface area contributed by atoms with Crippen molar-refractivity contribution in [3.8, 4) is 0 Å². The van der Waals surface area contributed by atoms with E-state index in [0.29, 0.717) is 11.8 Å². The fourth-order valence-electron chi connectivity index (χ4n) is 4.22. The fourth-order valence-corrected chi connectivity index (χ4v) is 4.22. The zero-order valence-corrected chi connectivity index (χ0v) is 15.0. The van der Waals surface area contributed by atoms with Crippen molar-refractivity contribution in [2.24, 2.45) is 11.8 Å². The Labute approximate surface area is 140 Å². The Morgan fingerprint density at radius 3 is 2.09 bits per heavy atom. The molecule has 1 unspecified atom stereocenters. The van der Waals surface area contributed by atoms with Crippen molar-refractivity contribution in [1.29, 1.82) is 0 Å². The first kappa shape index (κ1) is 18.2. The van der Waals surface area contributed by atoms with Crippen LogP contribution in [-0.2, 0) is 9.59 Å². The summed E-state index contributed by atoms with van der Waals surface area (Å²) in [6, 6.07) is -0.00657. The van der Waals surface area contributed by atoms with Crippen molar-refractivity contribution in [1.82, 2.24) is 15.1 Å². The van der Waals surface area contributed by atoms with Crippen molar-refractivity contribution in [2.45, 2.75) is 58.4 Å². The van der Waals surface area contributed by atoms with Gasteiger partial charge in [0.25, 0.3) is 0 Å². The van der Waals surface area contributed by atoms with Gasteiger partial charge in [0, 0.05) is 39.1 Å². The summed E-state index contributed by atoms with van der Waals surface area (Å²) in [6.07, 6.45) is 6.63. The van der Waals surface area contributed by atoms with Gasteiger partial charge in [0.15, 0.2) is 0 Å². The zero-order chi connectivity index (χ0) is 16.8. The highest BCUT2D eigenvalue weighted by molar-refractivity contribution is 5.82. The number of hydrogen-bond acceptors (Lipinski definition) is 3. The van der Waals surface area contributed by atoms with Crippen LogP contribution in [0, 0.1) is 11.8 Å². The molecule has 1 N–H and O–H groups in total. The highest BCUT2D eigenvalue weighted by Gasteiger charge is 2.37. The standard InChI is InChI=1S/C18H33N3O2/c1-4-14(5-2)18(23)21-12-10-20(11-13-21)16(17(22)19-3)15-8-6-7-9-15/h14-16H,4-13H2,1-3H3,(H,19,22). The average molecular weight is 323 g/mol. The maximum atomic E-state index is 12.5. The van der Waals surface area contributed by atoms with Crippen LogP contribution in [0.15, 0.2) is 0 Å². The van der Waals surface area contributed by atoms with E-state index in [1.807, 2.05) is 4.90 Å². The molecule has 0 radical (unpaired) electrons. The molecule has 1 aliphatic heterocycles. The van der Waals surface area contributed by atoms with E-state index in [-0.39, 0.29) is 17.9 Å². The third kappa shape index (κ3) is 4.25. The highest BCUT2D eigenvalue weighted by Crippen LogP contribution is 2.31. The van der Waals surface area contributed by atoms with E-state index in [1.54, 1.807) is 7.05 Å². The Bertz CT molecular complexity index is 395. The van der Waals surface area contributed by atoms with Crippen molar-refractivity contribution >= 4 is 11.8 Å². The molecular formula is C18H33N3O2. The Morgan fingerprint density at radius 2 is 1.61 bits per heavy atom. The summed E-state index contributed by atoms with van der Waals surface area (Å²) in [5, 5.41) is 2.85. The molecule has 1 saturated carbocycles. The maximum absolute atomic E-state index is 12.5. The zero-order valence-electron chi connectivity index (χ0n) is 15.0. The molecule has 1 aliphatic carbocycles. The third-order valence-corrected chi connectivity index (χ3v) is 5.72. The SMILES string of the molecule is CCC(CC)C(=O)N1CCN(C(C(=O)NC)C2CCCC2)CC1. The van der Waals surface area contributed by atoms with Crippen LogP contribution in [0.4, 0.5) is 0 Å². The molecule has 2 aliphatic rings. The minimum absolute atomic E-state index is 0.00657. The van der Waals surface area contributed by atoms with E-state index in [1.165, 1.54) is 12.8 Å². The molecule has 23 heavy (non-hydrogen) atoms. The number of likely N-dealkylation sites (N-methyl/N-ethyl adjacent to an activating group) is 1. The minimum atomic E-state index is -0.00657. The number of hydrogen-bond donors (Lipinski definition) is 1. The normalized spacial score (nSPS) is 21.7. The van der Waals surface area contributed by atoms with Gasteiger partial charge in [-0.1, -0.05) is 26.7 Å². The molecule has 2 amide bonds. The number of nitrogens with zero attached hydrogens (tertiary/aromatic N) is 2. The molecule has 0 spiro atoms. The lowest BCUT2D eigenvalue weighted by atomic mass is 9.94. The van der Waals surface area contributed by atoms with Gasteiger partial charge in [0.2, 0.25) is 11.8 Å². The molecule has 1 saturated heterocycles. The van der Waals surface area contributed by atoms with Gasteiger partial charge in [0.05, 0.1) is 6.04 Å². The summed E-state index contributed by atoms with van der Waals surface area (Å²) >= 11 is 0. The highest BCUT2D eigenvalue weighted by atomic mass is 16.2. The number of piperazine rings is 1. The number of carbonyl (C=O) groups excluding carboxylic acids is 2. The molecule has 2 fully saturated rings. The number of amides is 2. The van der Waals surface area contributed by atoms with Gasteiger partial charge in [-0.05, 0) is 31.6 Å². The largest absolute Gasteiger partial charge is 0.358 e. The third-order valence-electron chi connectivity index (χ3n) is 5.72. The molecule has 0 aromatic heterocycles. The van der Waals surface area contributed by atoms with Gasteiger partial charge < -0.3 is 10.2 Å². The van der Waals surface area contributed by atoms with Crippen LogP contribution < -0.4 is 5.32 Å². The van der Waals surface area contributed by atoms with E-state index in [9.17, 15) is 9.59 Å². The van der Waals surface area contributed by atoms with E-state index in [0.717, 1.165) is 51.9 Å². The predicted octanol–water partition coefficient (Wildman–Crippen LogP) is 1.87. The summed E-state index contributed by atoms with van der Waals surface area (Å²) in [5.41, 5.74) is 0. The lowest BCUT2D eigenvalue weighted by Crippen LogP contribution is -2.58. The van der Waals surface area contributed by atoms with Crippen LogP contribution in [0.2, 0.25) is 0 Å². The molecule has 1 heterocycles. The molecule has 0 bridgehead atoms. The lowest BCUT2D eigenvalue weighted by molar-refractivity contribution is -0.139. The second-order valence-electron chi connectivity index (χ2n) is 6.98. The van der Waals surface area contributed by atoms with Crippen LogP contribution in [0.1, 0.15) is 52.4 Å². The van der Waals surface area contributed by atoms with Gasteiger partial charge in [0.1, 0.15) is 0 Å². The summed E-state index contributed by atoms with van der Waals surface area (Å²) in [5.74, 6) is 1.09. The van der Waals surface area contributed by atoms with Crippen molar-refractivity contribution in [3.63, 3.8) is 0 Å². The first-order chi connectivity index (χ1) is 11.1. The monoisotopic (exact) mass is 323 g/mol. The number of carbonyl (C=O) groups is 2. The van der Waals surface area contributed by atoms with Gasteiger partial charge in [-0.25, -0.2) is 0 Å². The van der Waals surface area contributed by atoms with Crippen LogP contribution in [0.5, 0.6) is 0 Å². The molecule has 1 atom stereocenters. The van der Waals surface area contributed by atoms with Crippen LogP contribution >= 0.6 is 0 Å². The summed E-state index contributed by atoms with van der Waals surface area (Å²) in [4.78, 5) is 29.2. The summed E-state index contributed by atoms with van der Waals surface area (Å²) in [7, 11) is 1.73. The molecule has 132 valence electrons. The Kier molecular flexibility index (Phi) is 6.88. The van der Waals surface area contributed by atoms with Crippen molar-refractivity contribution in [2.75, 3.05) is 33.2 Å². The topological polar surface area (TPSA) is 52.7 Å². The van der Waals surface area contributed by atoms with Gasteiger partial charge >= 0.3 is 0 Å². The van der Waals surface area contributed by atoms with E-state index >= 15 is 0 Å². The summed E-state index contributed by atoms with van der Waals surface area (Å²) < 4.78 is 0.